The van der Waals surface area contributed by atoms with Crippen molar-refractivity contribution in [3.05, 3.63) is 58.9 Å². The van der Waals surface area contributed by atoms with Gasteiger partial charge in [-0.3, -0.25) is 0 Å². The van der Waals surface area contributed by atoms with Gasteiger partial charge in [0.2, 0.25) is 0 Å². The normalized spacial score (nSPS) is 11.1. The summed E-state index contributed by atoms with van der Waals surface area (Å²) >= 11 is 6.12. The van der Waals surface area contributed by atoms with Crippen molar-refractivity contribution in [1.29, 1.82) is 0 Å². The van der Waals surface area contributed by atoms with Crippen LogP contribution < -0.4 is 4.74 Å². The van der Waals surface area contributed by atoms with Crippen molar-refractivity contribution in [1.82, 2.24) is 9.55 Å². The van der Waals surface area contributed by atoms with Gasteiger partial charge in [-0.25, -0.2) is 4.98 Å². The monoisotopic (exact) mass is 342 g/mol. The minimum atomic E-state index is 0.702. The van der Waals surface area contributed by atoms with Crippen molar-refractivity contribution in [2.45, 2.75) is 39.7 Å². The Labute approximate surface area is 148 Å². The number of para-hydroxylation sites is 2. The zero-order valence-corrected chi connectivity index (χ0v) is 15.0. The number of hydrogen-bond acceptors (Lipinski definition) is 2. The van der Waals surface area contributed by atoms with Crippen LogP contribution in [0.5, 0.6) is 5.75 Å². The van der Waals surface area contributed by atoms with E-state index in [9.17, 15) is 0 Å². The van der Waals surface area contributed by atoms with Crippen molar-refractivity contribution in [2.24, 2.45) is 0 Å². The predicted octanol–water partition coefficient (Wildman–Crippen LogP) is 5.42. The lowest BCUT2D eigenvalue weighted by Gasteiger charge is -2.10. The highest BCUT2D eigenvalue weighted by atomic mass is 35.5. The van der Waals surface area contributed by atoms with Crippen molar-refractivity contribution in [3.63, 3.8) is 0 Å². The number of benzene rings is 2. The molecule has 3 nitrogen and oxygen atoms in total. The number of unbranched alkanes of at least 4 members (excludes halogenated alkanes) is 1. The van der Waals surface area contributed by atoms with Gasteiger partial charge in [-0.2, -0.15) is 0 Å². The number of aryl methyl sites for hydroxylation is 3. The Morgan fingerprint density at radius 3 is 2.75 bits per heavy atom. The Morgan fingerprint density at radius 1 is 1.12 bits per heavy atom. The van der Waals surface area contributed by atoms with Gasteiger partial charge in [-0.05, 0) is 49.6 Å². The van der Waals surface area contributed by atoms with Gasteiger partial charge in [0.05, 0.1) is 17.6 Å². The molecule has 24 heavy (non-hydrogen) atoms. The van der Waals surface area contributed by atoms with Crippen LogP contribution in [0.2, 0.25) is 5.02 Å². The second-order valence-electron chi connectivity index (χ2n) is 5.99. The van der Waals surface area contributed by atoms with Crippen LogP contribution in [0.3, 0.4) is 0 Å². The molecule has 3 rings (SSSR count). The van der Waals surface area contributed by atoms with Gasteiger partial charge in [-0.15, -0.1) is 0 Å². The van der Waals surface area contributed by atoms with Gasteiger partial charge in [0.25, 0.3) is 0 Å². The van der Waals surface area contributed by atoms with Crippen LogP contribution >= 0.6 is 11.6 Å². The number of halogens is 1. The lowest BCUT2D eigenvalue weighted by molar-refractivity contribution is 0.303. The number of nitrogens with zero attached hydrogens (tertiary/aromatic N) is 2. The van der Waals surface area contributed by atoms with E-state index in [1.54, 1.807) is 0 Å². The molecule has 0 atom stereocenters. The highest BCUT2D eigenvalue weighted by Gasteiger charge is 2.08. The molecule has 1 aromatic heterocycles. The van der Waals surface area contributed by atoms with Crippen LogP contribution in [-0.2, 0) is 13.0 Å². The van der Waals surface area contributed by atoms with Crippen molar-refractivity contribution in [2.75, 3.05) is 6.61 Å². The number of ether oxygens (including phenoxy) is 1. The van der Waals surface area contributed by atoms with Crippen LogP contribution in [-0.4, -0.2) is 16.2 Å². The van der Waals surface area contributed by atoms with E-state index >= 15 is 0 Å². The molecule has 126 valence electrons. The van der Waals surface area contributed by atoms with Crippen LogP contribution in [0.1, 0.15) is 31.2 Å². The first kappa shape index (κ1) is 16.8. The molecule has 0 aliphatic carbocycles. The third-order valence-electron chi connectivity index (χ3n) is 4.24. The van der Waals surface area contributed by atoms with E-state index in [-0.39, 0.29) is 0 Å². The number of hydrogen-bond donors (Lipinski definition) is 0. The summed E-state index contributed by atoms with van der Waals surface area (Å²) in [5.41, 5.74) is 3.38. The molecule has 0 radical (unpaired) electrons. The lowest BCUT2D eigenvalue weighted by Crippen LogP contribution is -2.05. The van der Waals surface area contributed by atoms with E-state index in [1.165, 1.54) is 5.52 Å². The summed E-state index contributed by atoms with van der Waals surface area (Å²) in [6, 6.07) is 14.2. The average Bonchev–Trinajstić information content (AvgIpc) is 2.95. The Kier molecular flexibility index (Phi) is 5.41. The topological polar surface area (TPSA) is 27.1 Å². The van der Waals surface area contributed by atoms with Gasteiger partial charge in [0.1, 0.15) is 11.6 Å². The molecule has 4 heteroatoms. The average molecular weight is 343 g/mol. The van der Waals surface area contributed by atoms with E-state index < -0.39 is 0 Å². The van der Waals surface area contributed by atoms with Gasteiger partial charge in [-0.1, -0.05) is 36.7 Å². The lowest BCUT2D eigenvalue weighted by atomic mass is 10.2. The summed E-state index contributed by atoms with van der Waals surface area (Å²) in [7, 11) is 0. The largest absolute Gasteiger partial charge is 0.494 e. The van der Waals surface area contributed by atoms with E-state index in [0.29, 0.717) is 6.61 Å². The molecule has 0 N–H and O–H groups in total. The fourth-order valence-corrected chi connectivity index (χ4v) is 3.04. The summed E-state index contributed by atoms with van der Waals surface area (Å²) in [5, 5.41) is 0.755. The quantitative estimate of drug-likeness (QED) is 0.536. The zero-order valence-electron chi connectivity index (χ0n) is 14.3. The first-order valence-electron chi connectivity index (χ1n) is 8.52. The molecule has 0 spiro atoms. The predicted molar refractivity (Wildman–Crippen MR) is 100 cm³/mol. The van der Waals surface area contributed by atoms with Gasteiger partial charge in [0.15, 0.2) is 0 Å². The molecule has 0 saturated heterocycles. The molecule has 0 saturated carbocycles. The molecular weight excluding hydrogens is 320 g/mol. The number of imidazole rings is 1. The highest BCUT2D eigenvalue weighted by molar-refractivity contribution is 6.31. The molecule has 1 heterocycles. The molecule has 2 aromatic carbocycles. The Bertz CT molecular complexity index is 826. The molecular formula is C20H23ClN2O. The maximum atomic E-state index is 6.12. The third kappa shape index (κ3) is 3.73. The number of fused-ring (bicyclic) bond motifs is 1. The van der Waals surface area contributed by atoms with Crippen molar-refractivity contribution in [3.8, 4) is 5.75 Å². The minimum absolute atomic E-state index is 0.702. The zero-order chi connectivity index (χ0) is 16.9. The smallest absolute Gasteiger partial charge is 0.120 e. The van der Waals surface area contributed by atoms with E-state index in [1.807, 2.05) is 31.2 Å². The van der Waals surface area contributed by atoms with Crippen LogP contribution in [0.4, 0.5) is 0 Å². The summed E-state index contributed by atoms with van der Waals surface area (Å²) in [5.74, 6) is 2.00. The van der Waals surface area contributed by atoms with Gasteiger partial charge < -0.3 is 9.30 Å². The fraction of sp³-hybridized carbons (Fsp3) is 0.350. The summed E-state index contributed by atoms with van der Waals surface area (Å²) < 4.78 is 8.13. The van der Waals surface area contributed by atoms with E-state index in [2.05, 4.69) is 29.7 Å². The summed E-state index contributed by atoms with van der Waals surface area (Å²) in [6.45, 7) is 5.82. The SMILES string of the molecule is CCc1nc2ccccc2n1CCCCOc1ccc(C)c(Cl)c1. The second kappa shape index (κ2) is 7.71. The minimum Gasteiger partial charge on any atom is -0.494 e. The van der Waals surface area contributed by atoms with Crippen LogP contribution in [0.15, 0.2) is 42.5 Å². The maximum absolute atomic E-state index is 6.12. The molecule has 0 fully saturated rings. The second-order valence-corrected chi connectivity index (χ2v) is 6.40. The standard InChI is InChI=1S/C20H23ClN2O/c1-3-20-22-18-8-4-5-9-19(18)23(20)12-6-7-13-24-16-11-10-15(2)17(21)14-16/h4-5,8-11,14H,3,6-7,12-13H2,1-2H3. The number of aromatic nitrogens is 2. The first-order valence-corrected chi connectivity index (χ1v) is 8.90. The molecule has 0 amide bonds. The van der Waals surface area contributed by atoms with Gasteiger partial charge in [0, 0.05) is 18.0 Å². The van der Waals surface area contributed by atoms with Crippen molar-refractivity contribution < 1.29 is 4.74 Å². The third-order valence-corrected chi connectivity index (χ3v) is 4.65. The van der Waals surface area contributed by atoms with Crippen LogP contribution in [0, 0.1) is 6.92 Å². The molecule has 3 aromatic rings. The summed E-state index contributed by atoms with van der Waals surface area (Å²) in [6.07, 6.45) is 3.02. The van der Waals surface area contributed by atoms with E-state index in [4.69, 9.17) is 21.3 Å². The van der Waals surface area contributed by atoms with Crippen molar-refractivity contribution >= 4 is 22.6 Å². The highest BCUT2D eigenvalue weighted by Crippen LogP contribution is 2.22. The maximum Gasteiger partial charge on any atom is 0.120 e. The fourth-order valence-electron chi connectivity index (χ4n) is 2.87. The molecule has 0 aliphatic rings. The molecule has 0 unspecified atom stereocenters. The molecule has 0 aliphatic heterocycles. The Hall–Kier alpha value is -2.00. The number of rotatable bonds is 7. The summed E-state index contributed by atoms with van der Waals surface area (Å²) in [4.78, 5) is 4.71. The Morgan fingerprint density at radius 2 is 1.96 bits per heavy atom. The van der Waals surface area contributed by atoms with Crippen LogP contribution in [0.25, 0.3) is 11.0 Å². The van der Waals surface area contributed by atoms with Gasteiger partial charge >= 0.3 is 0 Å². The first-order chi connectivity index (χ1) is 11.7. The van der Waals surface area contributed by atoms with E-state index in [0.717, 1.165) is 53.5 Å². The molecule has 0 bridgehead atoms. The Balaban J connectivity index is 1.54.